The fraction of sp³-hybridized carbons (Fsp3) is 0.833. The molecule has 0 bridgehead atoms. The Hall–Kier alpha value is -0.150. The molecule has 9 heavy (non-hydrogen) atoms. The fourth-order valence-corrected chi connectivity index (χ4v) is 0.410. The van der Waals surface area contributed by atoms with Crippen molar-refractivity contribution in [2.24, 2.45) is 5.73 Å². The van der Waals surface area contributed by atoms with Gasteiger partial charge in [-0.15, -0.1) is 0 Å². The molecular formula is C6H13NOS. The van der Waals surface area contributed by atoms with Gasteiger partial charge in [0.15, 0.2) is 0 Å². The van der Waals surface area contributed by atoms with E-state index in [1.165, 1.54) is 0 Å². The van der Waals surface area contributed by atoms with Crippen molar-refractivity contribution >= 4 is 17.2 Å². The lowest BCUT2D eigenvalue weighted by Crippen LogP contribution is -2.19. The maximum atomic E-state index is 5.20. The summed E-state index contributed by atoms with van der Waals surface area (Å²) in [5, 5.41) is 0. The summed E-state index contributed by atoms with van der Waals surface area (Å²) in [5.74, 6) is 0. The number of rotatable bonds is 4. The third-order valence-corrected chi connectivity index (χ3v) is 1.20. The number of thiocarbonyl (C=S) groups is 1. The van der Waals surface area contributed by atoms with E-state index in [0.717, 1.165) is 6.42 Å². The summed E-state index contributed by atoms with van der Waals surface area (Å²) in [7, 11) is 0. The van der Waals surface area contributed by atoms with Gasteiger partial charge in [0.05, 0.1) is 17.7 Å². The molecule has 54 valence electrons. The van der Waals surface area contributed by atoms with Crippen molar-refractivity contribution in [2.75, 3.05) is 6.61 Å². The van der Waals surface area contributed by atoms with E-state index in [1.54, 1.807) is 0 Å². The first kappa shape index (κ1) is 8.85. The predicted octanol–water partition coefficient (Wildman–Crippen LogP) is 1.09. The summed E-state index contributed by atoms with van der Waals surface area (Å²) in [5.41, 5.74) is 5.20. The molecule has 0 aromatic heterocycles. The Morgan fingerprint density at radius 2 is 2.33 bits per heavy atom. The molecule has 0 spiro atoms. The van der Waals surface area contributed by atoms with Gasteiger partial charge >= 0.3 is 0 Å². The zero-order valence-corrected chi connectivity index (χ0v) is 6.70. The summed E-state index contributed by atoms with van der Waals surface area (Å²) >= 11 is 4.61. The molecule has 0 aliphatic heterocycles. The highest BCUT2D eigenvalue weighted by molar-refractivity contribution is 7.80. The van der Waals surface area contributed by atoms with Crippen LogP contribution in [0.4, 0.5) is 0 Å². The van der Waals surface area contributed by atoms with Gasteiger partial charge in [-0.1, -0.05) is 19.1 Å². The van der Waals surface area contributed by atoms with Crippen LogP contribution in [-0.4, -0.2) is 17.7 Å². The van der Waals surface area contributed by atoms with Crippen LogP contribution in [0.5, 0.6) is 0 Å². The van der Waals surface area contributed by atoms with Crippen LogP contribution in [-0.2, 0) is 4.74 Å². The molecule has 1 unspecified atom stereocenters. The first-order valence-corrected chi connectivity index (χ1v) is 3.47. The standard InChI is InChI=1S/C6H13NOS/c1-3-5(2)8-4-6(7)9/h5H,3-4H2,1-2H3,(H2,7,9). The van der Waals surface area contributed by atoms with E-state index >= 15 is 0 Å². The van der Waals surface area contributed by atoms with Crippen LogP contribution in [0.2, 0.25) is 0 Å². The molecule has 0 amide bonds. The van der Waals surface area contributed by atoms with Crippen molar-refractivity contribution in [3.63, 3.8) is 0 Å². The van der Waals surface area contributed by atoms with Gasteiger partial charge in [0.25, 0.3) is 0 Å². The Morgan fingerprint density at radius 1 is 1.78 bits per heavy atom. The Labute approximate surface area is 61.4 Å². The molecular weight excluding hydrogens is 134 g/mol. The smallest absolute Gasteiger partial charge is 0.0989 e. The highest BCUT2D eigenvalue weighted by Gasteiger charge is 1.97. The Balaban J connectivity index is 3.16. The average molecular weight is 147 g/mol. The summed E-state index contributed by atoms with van der Waals surface area (Å²) in [4.78, 5) is 0.426. The topological polar surface area (TPSA) is 35.2 Å². The molecule has 0 aliphatic rings. The minimum atomic E-state index is 0.270. The molecule has 2 nitrogen and oxygen atoms in total. The van der Waals surface area contributed by atoms with Crippen LogP contribution in [0.1, 0.15) is 20.3 Å². The van der Waals surface area contributed by atoms with E-state index < -0.39 is 0 Å². The summed E-state index contributed by atoms with van der Waals surface area (Å²) in [6.07, 6.45) is 1.27. The maximum absolute atomic E-state index is 5.20. The highest BCUT2D eigenvalue weighted by atomic mass is 32.1. The molecule has 0 fully saturated rings. The largest absolute Gasteiger partial charge is 0.391 e. The van der Waals surface area contributed by atoms with Crippen LogP contribution in [0, 0.1) is 0 Å². The molecule has 0 heterocycles. The van der Waals surface area contributed by atoms with E-state index in [1.807, 2.05) is 6.92 Å². The third-order valence-electron chi connectivity index (χ3n) is 1.09. The van der Waals surface area contributed by atoms with E-state index in [0.29, 0.717) is 11.6 Å². The van der Waals surface area contributed by atoms with E-state index in [4.69, 9.17) is 10.5 Å². The Bertz CT molecular complexity index is 95.1. The van der Waals surface area contributed by atoms with E-state index in [2.05, 4.69) is 19.1 Å². The van der Waals surface area contributed by atoms with Gasteiger partial charge in [-0.3, -0.25) is 0 Å². The minimum Gasteiger partial charge on any atom is -0.391 e. The quantitative estimate of drug-likeness (QED) is 0.604. The molecule has 0 aromatic rings. The van der Waals surface area contributed by atoms with Gasteiger partial charge < -0.3 is 10.5 Å². The Kier molecular flexibility index (Phi) is 4.62. The average Bonchev–Trinajstić information content (AvgIpc) is 1.83. The van der Waals surface area contributed by atoms with Gasteiger partial charge in [0.1, 0.15) is 0 Å². The van der Waals surface area contributed by atoms with Crippen molar-refractivity contribution in [1.82, 2.24) is 0 Å². The SMILES string of the molecule is CCC(C)OCC(N)=S. The monoisotopic (exact) mass is 147 g/mol. The molecule has 0 rings (SSSR count). The lowest BCUT2D eigenvalue weighted by atomic mass is 10.3. The van der Waals surface area contributed by atoms with Crippen molar-refractivity contribution in [3.8, 4) is 0 Å². The van der Waals surface area contributed by atoms with Crippen LogP contribution in [0.15, 0.2) is 0 Å². The highest BCUT2D eigenvalue weighted by Crippen LogP contribution is 1.93. The van der Waals surface area contributed by atoms with Gasteiger partial charge in [0.2, 0.25) is 0 Å². The van der Waals surface area contributed by atoms with Crippen LogP contribution < -0.4 is 5.73 Å². The van der Waals surface area contributed by atoms with Crippen LogP contribution >= 0.6 is 12.2 Å². The van der Waals surface area contributed by atoms with Crippen LogP contribution in [0.25, 0.3) is 0 Å². The summed E-state index contributed by atoms with van der Waals surface area (Å²) in [6, 6.07) is 0. The molecule has 1 atom stereocenters. The van der Waals surface area contributed by atoms with Gasteiger partial charge in [-0.25, -0.2) is 0 Å². The van der Waals surface area contributed by atoms with Gasteiger partial charge in [-0.05, 0) is 13.3 Å². The van der Waals surface area contributed by atoms with Crippen molar-refractivity contribution in [2.45, 2.75) is 26.4 Å². The predicted molar refractivity (Wildman–Crippen MR) is 42.5 cm³/mol. The first-order valence-electron chi connectivity index (χ1n) is 3.06. The second kappa shape index (κ2) is 4.70. The van der Waals surface area contributed by atoms with Gasteiger partial charge in [-0.2, -0.15) is 0 Å². The fourth-order valence-electron chi connectivity index (χ4n) is 0.342. The normalized spacial score (nSPS) is 13.1. The van der Waals surface area contributed by atoms with Crippen LogP contribution in [0.3, 0.4) is 0 Å². The summed E-state index contributed by atoms with van der Waals surface area (Å²) in [6.45, 7) is 4.47. The van der Waals surface area contributed by atoms with E-state index in [-0.39, 0.29) is 6.10 Å². The number of hydrogen-bond donors (Lipinski definition) is 1. The second-order valence-electron chi connectivity index (χ2n) is 2.00. The van der Waals surface area contributed by atoms with Crippen molar-refractivity contribution in [1.29, 1.82) is 0 Å². The molecule has 3 heteroatoms. The third kappa shape index (κ3) is 5.73. The second-order valence-corrected chi connectivity index (χ2v) is 2.52. The molecule has 0 radical (unpaired) electrons. The molecule has 2 N–H and O–H groups in total. The zero-order chi connectivity index (χ0) is 7.28. The lowest BCUT2D eigenvalue weighted by molar-refractivity contribution is 0.0938. The minimum absolute atomic E-state index is 0.270. The van der Waals surface area contributed by atoms with Crippen molar-refractivity contribution in [3.05, 3.63) is 0 Å². The maximum Gasteiger partial charge on any atom is 0.0989 e. The lowest BCUT2D eigenvalue weighted by Gasteiger charge is -2.08. The van der Waals surface area contributed by atoms with Crippen molar-refractivity contribution < 1.29 is 4.74 Å². The number of nitrogens with two attached hydrogens (primary N) is 1. The molecule has 0 saturated heterocycles. The Morgan fingerprint density at radius 3 is 2.67 bits per heavy atom. The molecule has 0 aromatic carbocycles. The van der Waals surface area contributed by atoms with Gasteiger partial charge in [0, 0.05) is 0 Å². The number of ether oxygens (including phenoxy) is 1. The zero-order valence-electron chi connectivity index (χ0n) is 5.89. The first-order chi connectivity index (χ1) is 4.16. The summed E-state index contributed by atoms with van der Waals surface area (Å²) < 4.78 is 5.19. The molecule has 0 aliphatic carbocycles. The molecule has 0 saturated carbocycles. The van der Waals surface area contributed by atoms with E-state index in [9.17, 15) is 0 Å². The number of hydrogen-bond acceptors (Lipinski definition) is 2.